The molecule has 5 rings (SSSR count). The van der Waals surface area contributed by atoms with E-state index < -0.39 is 0 Å². The Bertz CT molecular complexity index is 1420. The Morgan fingerprint density at radius 2 is 1.79 bits per heavy atom. The summed E-state index contributed by atoms with van der Waals surface area (Å²) in [7, 11) is 0. The van der Waals surface area contributed by atoms with E-state index in [2.05, 4.69) is 9.97 Å². The number of likely N-dealkylation sites (tertiary alicyclic amines) is 1. The summed E-state index contributed by atoms with van der Waals surface area (Å²) in [6.45, 7) is 0.490. The highest BCUT2D eigenvalue weighted by Crippen LogP contribution is 2.28. The maximum absolute atomic E-state index is 13.5. The Morgan fingerprint density at radius 1 is 1.09 bits per heavy atom. The molecular weight excluding hydrogens is 436 g/mol. The number of amides is 1. The summed E-state index contributed by atoms with van der Waals surface area (Å²) in [5, 5.41) is 8.86. The van der Waals surface area contributed by atoms with Crippen LogP contribution in [0, 0.1) is 0 Å². The summed E-state index contributed by atoms with van der Waals surface area (Å²) < 4.78 is 8.88. The molecule has 3 N–H and O–H groups in total. The number of hydrogen-bond acceptors (Lipinski definition) is 7. The highest BCUT2D eigenvalue weighted by molar-refractivity contribution is 5.88. The molecule has 0 spiro atoms. The van der Waals surface area contributed by atoms with E-state index in [-0.39, 0.29) is 30.1 Å². The van der Waals surface area contributed by atoms with Gasteiger partial charge < -0.3 is 20.5 Å². The summed E-state index contributed by atoms with van der Waals surface area (Å²) >= 11 is 0. The molecule has 0 atom stereocenters. The quantitative estimate of drug-likeness (QED) is 0.422. The van der Waals surface area contributed by atoms with Crippen LogP contribution in [-0.4, -0.2) is 54.7 Å². The van der Waals surface area contributed by atoms with Crippen molar-refractivity contribution >= 4 is 22.9 Å². The fourth-order valence-corrected chi connectivity index (χ4v) is 3.98. The largest absolute Gasteiger partial charge is 0.457 e. The van der Waals surface area contributed by atoms with E-state index in [0.29, 0.717) is 41.4 Å². The topological polar surface area (TPSA) is 128 Å². The number of rotatable bonds is 6. The number of ether oxygens (including phenoxy) is 1. The van der Waals surface area contributed by atoms with E-state index in [1.165, 1.54) is 23.0 Å². The van der Waals surface area contributed by atoms with Crippen LogP contribution in [0.2, 0.25) is 0 Å². The van der Waals surface area contributed by atoms with Crippen molar-refractivity contribution < 1.29 is 14.6 Å². The van der Waals surface area contributed by atoms with Crippen molar-refractivity contribution in [3.63, 3.8) is 0 Å². The average Bonchev–Trinajstić information content (AvgIpc) is 3.11. The summed E-state index contributed by atoms with van der Waals surface area (Å²) in [5.41, 5.74) is 7.25. The monoisotopic (exact) mass is 458 g/mol. The third-order valence-corrected chi connectivity index (χ3v) is 5.66. The zero-order valence-electron chi connectivity index (χ0n) is 18.1. The van der Waals surface area contributed by atoms with Crippen molar-refractivity contribution in [2.75, 3.05) is 25.4 Å². The van der Waals surface area contributed by atoms with Crippen LogP contribution in [0.3, 0.4) is 0 Å². The first-order chi connectivity index (χ1) is 16.6. The molecule has 10 heteroatoms. The van der Waals surface area contributed by atoms with Gasteiger partial charge in [-0.1, -0.05) is 24.3 Å². The number of fused-ring (bicyclic) bond motifs is 1. The second kappa shape index (κ2) is 8.83. The van der Waals surface area contributed by atoms with Crippen LogP contribution in [-0.2, 0) is 4.79 Å². The van der Waals surface area contributed by atoms with Gasteiger partial charge in [0.1, 0.15) is 23.3 Å². The molecule has 1 saturated heterocycles. The molecule has 10 nitrogen and oxygen atoms in total. The molecule has 0 radical (unpaired) electrons. The molecule has 1 amide bonds. The van der Waals surface area contributed by atoms with Gasteiger partial charge in [-0.2, -0.15) is 0 Å². The van der Waals surface area contributed by atoms with Crippen molar-refractivity contribution in [1.82, 2.24) is 24.0 Å². The third-order valence-electron chi connectivity index (χ3n) is 5.66. The number of imidazole rings is 1. The van der Waals surface area contributed by atoms with E-state index in [1.54, 1.807) is 33.7 Å². The first kappa shape index (κ1) is 21.4. The number of carbonyl (C=O) groups is 1. The number of aliphatic hydroxyl groups is 1. The molecule has 34 heavy (non-hydrogen) atoms. The zero-order valence-corrected chi connectivity index (χ0v) is 18.1. The maximum Gasteiger partial charge on any atom is 0.335 e. The molecule has 172 valence electrons. The lowest BCUT2D eigenvalue weighted by atomic mass is 10.1. The van der Waals surface area contributed by atoms with E-state index in [0.717, 1.165) is 0 Å². The van der Waals surface area contributed by atoms with Crippen LogP contribution < -0.4 is 16.2 Å². The van der Waals surface area contributed by atoms with Gasteiger partial charge in [-0.15, -0.1) is 0 Å². The van der Waals surface area contributed by atoms with Gasteiger partial charge in [0, 0.05) is 19.2 Å². The predicted molar refractivity (Wildman–Crippen MR) is 126 cm³/mol. The van der Waals surface area contributed by atoms with E-state index in [1.807, 2.05) is 30.3 Å². The normalized spacial score (nSPS) is 14.0. The first-order valence-corrected chi connectivity index (χ1v) is 10.7. The Labute approximate surface area is 194 Å². The highest BCUT2D eigenvalue weighted by Gasteiger charge is 2.35. The van der Waals surface area contributed by atoms with Gasteiger partial charge in [0.25, 0.3) is 0 Å². The van der Waals surface area contributed by atoms with Crippen LogP contribution in [0.5, 0.6) is 11.5 Å². The van der Waals surface area contributed by atoms with Gasteiger partial charge >= 0.3 is 5.69 Å². The molecule has 2 aromatic carbocycles. The second-order valence-electron chi connectivity index (χ2n) is 7.81. The van der Waals surface area contributed by atoms with Gasteiger partial charge in [-0.25, -0.2) is 14.8 Å². The molecule has 0 unspecified atom stereocenters. The van der Waals surface area contributed by atoms with Crippen molar-refractivity contribution in [3.8, 4) is 17.2 Å². The summed E-state index contributed by atoms with van der Waals surface area (Å²) in [4.78, 5) is 35.6. The fourth-order valence-electron chi connectivity index (χ4n) is 3.98. The minimum absolute atomic E-state index is 0.184. The number of nitrogen functional groups attached to an aromatic ring is 1. The molecule has 0 saturated carbocycles. The van der Waals surface area contributed by atoms with Crippen LogP contribution in [0.4, 0.5) is 5.82 Å². The van der Waals surface area contributed by atoms with Gasteiger partial charge in [0.05, 0.1) is 18.3 Å². The standard InChI is InChI=1S/C24H22N6O4/c25-22-21-23(27-15-26-22)30(17-13-28(14-17)20(32)7-4-12-31)24(33)29(21)16-8-10-19(11-9-16)34-18-5-2-1-3-6-18/h1-11,15,17,31H,12-14H2,(H2,25,26,27). The number of aliphatic hydroxyl groups excluding tert-OH is 1. The number of aromatic nitrogens is 4. The lowest BCUT2D eigenvalue weighted by Gasteiger charge is -2.38. The smallest absolute Gasteiger partial charge is 0.335 e. The molecule has 4 aromatic rings. The molecular formula is C24H22N6O4. The van der Waals surface area contributed by atoms with Gasteiger partial charge in [-0.05, 0) is 36.4 Å². The Morgan fingerprint density at radius 3 is 2.50 bits per heavy atom. The van der Waals surface area contributed by atoms with Gasteiger partial charge in [-0.3, -0.25) is 13.9 Å². The van der Waals surface area contributed by atoms with Crippen LogP contribution in [0.15, 0.2) is 77.9 Å². The molecule has 0 aliphatic carbocycles. The lowest BCUT2D eigenvalue weighted by molar-refractivity contribution is -0.131. The molecule has 1 fully saturated rings. The molecule has 1 aliphatic heterocycles. The summed E-state index contributed by atoms with van der Waals surface area (Å²) in [6, 6.07) is 16.2. The molecule has 0 bridgehead atoms. The van der Waals surface area contributed by atoms with E-state index >= 15 is 0 Å². The number of nitrogens with two attached hydrogens (primary N) is 1. The second-order valence-corrected chi connectivity index (χ2v) is 7.81. The zero-order chi connectivity index (χ0) is 23.7. The Hall–Kier alpha value is -4.44. The maximum atomic E-state index is 13.5. The number of benzene rings is 2. The Balaban J connectivity index is 1.48. The predicted octanol–water partition coefficient (Wildman–Crippen LogP) is 1.89. The number of carbonyl (C=O) groups excluding carboxylic acids is 1. The van der Waals surface area contributed by atoms with Crippen LogP contribution in [0.25, 0.3) is 16.9 Å². The van der Waals surface area contributed by atoms with Crippen LogP contribution >= 0.6 is 0 Å². The van der Waals surface area contributed by atoms with Crippen LogP contribution in [0.1, 0.15) is 6.04 Å². The molecule has 3 heterocycles. The number of anilines is 1. The lowest BCUT2D eigenvalue weighted by Crippen LogP contribution is -2.52. The number of para-hydroxylation sites is 1. The minimum atomic E-state index is -0.318. The average molecular weight is 458 g/mol. The van der Waals surface area contributed by atoms with Gasteiger partial charge in [0.2, 0.25) is 5.91 Å². The number of hydrogen-bond donors (Lipinski definition) is 2. The third kappa shape index (κ3) is 3.80. The molecule has 1 aliphatic rings. The number of nitrogens with zero attached hydrogens (tertiary/aromatic N) is 5. The Kier molecular flexibility index (Phi) is 5.56. The van der Waals surface area contributed by atoms with E-state index in [4.69, 9.17) is 15.6 Å². The van der Waals surface area contributed by atoms with Crippen molar-refractivity contribution in [3.05, 3.63) is 83.6 Å². The summed E-state index contributed by atoms with van der Waals surface area (Å²) in [6.07, 6.45) is 4.02. The fraction of sp³-hybridized carbons (Fsp3) is 0.167. The van der Waals surface area contributed by atoms with Crippen molar-refractivity contribution in [1.29, 1.82) is 0 Å². The summed E-state index contributed by atoms with van der Waals surface area (Å²) in [5.74, 6) is 1.30. The van der Waals surface area contributed by atoms with Crippen molar-refractivity contribution in [2.45, 2.75) is 6.04 Å². The first-order valence-electron chi connectivity index (χ1n) is 10.7. The SMILES string of the molecule is Nc1ncnc2c1n(-c1ccc(Oc3ccccc3)cc1)c(=O)n2C1CN(C(=O)C=CCO)C1. The highest BCUT2D eigenvalue weighted by atomic mass is 16.5. The van der Waals surface area contributed by atoms with Crippen molar-refractivity contribution in [2.24, 2.45) is 0 Å². The molecule has 2 aromatic heterocycles. The van der Waals surface area contributed by atoms with Gasteiger partial charge in [0.15, 0.2) is 11.5 Å². The minimum Gasteiger partial charge on any atom is -0.457 e. The van der Waals surface area contributed by atoms with E-state index in [9.17, 15) is 9.59 Å².